The molecule has 0 saturated heterocycles. The molecule has 4 rings (SSSR count). The van der Waals surface area contributed by atoms with Crippen LogP contribution in [0.5, 0.6) is 5.75 Å². The highest BCUT2D eigenvalue weighted by molar-refractivity contribution is 5.67. The van der Waals surface area contributed by atoms with E-state index in [2.05, 4.69) is 20.5 Å². The van der Waals surface area contributed by atoms with Crippen LogP contribution in [0.1, 0.15) is 32.4 Å². The maximum atomic E-state index is 11.7. The Kier molecular flexibility index (Phi) is 10.3. The summed E-state index contributed by atoms with van der Waals surface area (Å²) in [6.07, 6.45) is 1.69. The summed E-state index contributed by atoms with van der Waals surface area (Å²) in [6, 6.07) is 7.21. The largest absolute Gasteiger partial charge is 0.487 e. The minimum absolute atomic E-state index is 0.0505. The second-order valence-electron chi connectivity index (χ2n) is 9.25. The Morgan fingerprint density at radius 1 is 1.05 bits per heavy atom. The number of hydrogen-bond acceptors (Lipinski definition) is 14. The van der Waals surface area contributed by atoms with E-state index < -0.39 is 42.5 Å². The second-order valence-corrected chi connectivity index (χ2v) is 9.25. The van der Waals surface area contributed by atoms with Crippen molar-refractivity contribution in [3.8, 4) is 17.1 Å². The minimum atomic E-state index is -0.870. The normalized spacial score (nSPS) is 18.7. The average Bonchev–Trinajstić information content (AvgIpc) is 3.58. The van der Waals surface area contributed by atoms with Crippen molar-refractivity contribution in [3.63, 3.8) is 0 Å². The van der Waals surface area contributed by atoms with E-state index >= 15 is 0 Å². The molecule has 3 aromatic rings. The predicted molar refractivity (Wildman–Crippen MR) is 140 cm³/mol. The van der Waals surface area contributed by atoms with Crippen LogP contribution in [-0.2, 0) is 51.2 Å². The summed E-state index contributed by atoms with van der Waals surface area (Å²) < 4.78 is 39.5. The molecule has 224 valence electrons. The van der Waals surface area contributed by atoms with E-state index in [1.54, 1.807) is 37.4 Å². The monoisotopic (exact) mass is 585 g/mol. The molecule has 3 heterocycles. The summed E-state index contributed by atoms with van der Waals surface area (Å²) in [5.41, 5.74) is 1.35. The van der Waals surface area contributed by atoms with Gasteiger partial charge in [0.2, 0.25) is 11.7 Å². The molecule has 1 aromatic carbocycles. The van der Waals surface area contributed by atoms with Gasteiger partial charge in [0.05, 0.1) is 19.3 Å². The molecule has 4 atom stereocenters. The highest BCUT2D eigenvalue weighted by Crippen LogP contribution is 2.21. The van der Waals surface area contributed by atoms with Crippen LogP contribution in [0.15, 0.2) is 47.1 Å². The van der Waals surface area contributed by atoms with Crippen molar-refractivity contribution >= 4 is 17.9 Å². The Morgan fingerprint density at radius 2 is 1.83 bits per heavy atom. The molecule has 0 fully saturated rings. The molecule has 1 aliphatic rings. The quantitative estimate of drug-likeness (QED) is 0.161. The van der Waals surface area contributed by atoms with Crippen molar-refractivity contribution in [1.29, 1.82) is 0 Å². The Balaban J connectivity index is 1.30. The van der Waals surface area contributed by atoms with Gasteiger partial charge in [-0.05, 0) is 36.4 Å². The van der Waals surface area contributed by atoms with Gasteiger partial charge in [-0.3, -0.25) is 14.4 Å². The molecular formula is C27H31N5O10. The molecule has 2 aromatic heterocycles. The third kappa shape index (κ3) is 9.21. The molecule has 0 spiro atoms. The standard InChI is InChI=1S/C27H31N5O10/c1-16-28-27(30-42-16)20-5-7-22(8-6-20)37-13-21-11-32(31-29-21)12-23(39-18(3)34)14-38-26-10-9-24(40-19(4)35)25(41-26)15-36-17(2)33/h5-11,23-26H,12-15H2,1-4H3/t23-,24-,25+,26-/m0/s1. The average molecular weight is 586 g/mol. The van der Waals surface area contributed by atoms with Crippen LogP contribution in [0.2, 0.25) is 0 Å². The zero-order valence-corrected chi connectivity index (χ0v) is 23.5. The van der Waals surface area contributed by atoms with E-state index in [0.717, 1.165) is 5.56 Å². The lowest BCUT2D eigenvalue weighted by molar-refractivity contribution is -0.205. The molecule has 0 amide bonds. The van der Waals surface area contributed by atoms with Gasteiger partial charge < -0.3 is 32.9 Å². The van der Waals surface area contributed by atoms with Crippen molar-refractivity contribution in [2.75, 3.05) is 13.2 Å². The van der Waals surface area contributed by atoms with E-state index in [4.69, 9.17) is 32.9 Å². The van der Waals surface area contributed by atoms with Crippen molar-refractivity contribution in [1.82, 2.24) is 25.1 Å². The third-order valence-electron chi connectivity index (χ3n) is 5.67. The number of aromatic nitrogens is 5. The summed E-state index contributed by atoms with van der Waals surface area (Å²) in [4.78, 5) is 38.6. The van der Waals surface area contributed by atoms with Crippen LogP contribution in [0.25, 0.3) is 11.4 Å². The Hall–Kier alpha value is -4.63. The van der Waals surface area contributed by atoms with Crippen molar-refractivity contribution in [3.05, 3.63) is 54.2 Å². The van der Waals surface area contributed by atoms with Crippen LogP contribution in [0, 0.1) is 6.92 Å². The maximum Gasteiger partial charge on any atom is 0.303 e. The molecule has 15 heteroatoms. The molecule has 0 aliphatic carbocycles. The first-order valence-corrected chi connectivity index (χ1v) is 13.0. The van der Waals surface area contributed by atoms with Crippen molar-refractivity contribution in [2.45, 2.75) is 65.4 Å². The molecule has 42 heavy (non-hydrogen) atoms. The fourth-order valence-corrected chi connectivity index (χ4v) is 3.89. The zero-order chi connectivity index (χ0) is 30.1. The fourth-order valence-electron chi connectivity index (χ4n) is 3.89. The smallest absolute Gasteiger partial charge is 0.303 e. The van der Waals surface area contributed by atoms with Gasteiger partial charge in [0.1, 0.15) is 43.0 Å². The summed E-state index contributed by atoms with van der Waals surface area (Å²) in [5.74, 6) is 0.0639. The van der Waals surface area contributed by atoms with Gasteiger partial charge in [0, 0.05) is 33.3 Å². The van der Waals surface area contributed by atoms with Crippen LogP contribution in [0.3, 0.4) is 0 Å². The van der Waals surface area contributed by atoms with E-state index in [1.165, 1.54) is 25.5 Å². The topological polar surface area (TPSA) is 176 Å². The number of carbonyl (C=O) groups excluding carboxylic acids is 3. The zero-order valence-electron chi connectivity index (χ0n) is 23.5. The van der Waals surface area contributed by atoms with Crippen molar-refractivity contribution in [2.24, 2.45) is 0 Å². The first-order valence-electron chi connectivity index (χ1n) is 13.0. The number of carbonyl (C=O) groups is 3. The summed E-state index contributed by atoms with van der Waals surface area (Å²) in [6.45, 7) is 5.64. The van der Waals surface area contributed by atoms with Crippen LogP contribution in [-0.4, -0.2) is 80.9 Å². The lowest BCUT2D eigenvalue weighted by atomic mass is 10.1. The van der Waals surface area contributed by atoms with Gasteiger partial charge in [0.25, 0.3) is 0 Å². The summed E-state index contributed by atoms with van der Waals surface area (Å²) in [5, 5.41) is 12.1. The molecular weight excluding hydrogens is 554 g/mol. The number of esters is 3. The Morgan fingerprint density at radius 3 is 2.50 bits per heavy atom. The van der Waals surface area contributed by atoms with E-state index in [0.29, 0.717) is 23.2 Å². The van der Waals surface area contributed by atoms with E-state index in [-0.39, 0.29) is 26.4 Å². The van der Waals surface area contributed by atoms with Gasteiger partial charge in [-0.2, -0.15) is 4.98 Å². The number of ether oxygens (including phenoxy) is 6. The van der Waals surface area contributed by atoms with Crippen LogP contribution in [0.4, 0.5) is 0 Å². The van der Waals surface area contributed by atoms with Gasteiger partial charge in [-0.1, -0.05) is 10.4 Å². The molecule has 0 radical (unpaired) electrons. The maximum absolute atomic E-state index is 11.7. The van der Waals surface area contributed by atoms with Gasteiger partial charge in [-0.25, -0.2) is 4.68 Å². The number of benzene rings is 1. The number of aryl methyl sites for hydroxylation is 1. The fraction of sp³-hybridized carbons (Fsp3) is 0.444. The molecule has 0 unspecified atom stereocenters. The number of hydrogen-bond donors (Lipinski definition) is 0. The predicted octanol–water partition coefficient (Wildman–Crippen LogP) is 1.94. The third-order valence-corrected chi connectivity index (χ3v) is 5.67. The highest BCUT2D eigenvalue weighted by Gasteiger charge is 2.31. The van der Waals surface area contributed by atoms with Gasteiger partial charge in [0.15, 0.2) is 6.29 Å². The van der Waals surface area contributed by atoms with Gasteiger partial charge >= 0.3 is 17.9 Å². The van der Waals surface area contributed by atoms with Crippen LogP contribution >= 0.6 is 0 Å². The first-order chi connectivity index (χ1) is 20.1. The highest BCUT2D eigenvalue weighted by atomic mass is 16.7. The minimum Gasteiger partial charge on any atom is -0.487 e. The molecule has 0 saturated carbocycles. The molecule has 1 aliphatic heterocycles. The number of rotatable bonds is 13. The summed E-state index contributed by atoms with van der Waals surface area (Å²) >= 11 is 0. The van der Waals surface area contributed by atoms with E-state index in [1.807, 2.05) is 12.1 Å². The summed E-state index contributed by atoms with van der Waals surface area (Å²) in [7, 11) is 0. The van der Waals surface area contributed by atoms with Crippen molar-refractivity contribution < 1.29 is 47.3 Å². The second kappa shape index (κ2) is 14.3. The van der Waals surface area contributed by atoms with Gasteiger partial charge in [-0.15, -0.1) is 5.10 Å². The lowest BCUT2D eigenvalue weighted by Crippen LogP contribution is -2.43. The molecule has 0 N–H and O–H groups in total. The lowest BCUT2D eigenvalue weighted by Gasteiger charge is -2.31. The van der Waals surface area contributed by atoms with E-state index in [9.17, 15) is 14.4 Å². The first kappa shape index (κ1) is 30.3. The Bertz CT molecular complexity index is 1390. The Labute approximate surface area is 240 Å². The van der Waals surface area contributed by atoms with Crippen LogP contribution < -0.4 is 4.74 Å². The molecule has 0 bridgehead atoms. The number of nitrogens with zero attached hydrogens (tertiary/aromatic N) is 5. The molecule has 15 nitrogen and oxygen atoms in total. The SMILES string of the molecule is CC(=O)OC[C@H]1O[C@H](OC[C@H](Cn2cc(COc3ccc(-c4noc(C)n4)cc3)nn2)OC(C)=O)C=C[C@@H]1OC(C)=O.